The van der Waals surface area contributed by atoms with E-state index in [0.717, 1.165) is 45.6 Å². The third kappa shape index (κ3) is 4.66. The first-order valence-electron chi connectivity index (χ1n) is 9.27. The zero-order chi connectivity index (χ0) is 19.2. The van der Waals surface area contributed by atoms with Gasteiger partial charge < -0.3 is 9.64 Å². The van der Waals surface area contributed by atoms with E-state index in [1.807, 2.05) is 47.5 Å². The summed E-state index contributed by atoms with van der Waals surface area (Å²) in [4.78, 5) is 22.7. The van der Waals surface area contributed by atoms with Crippen molar-refractivity contribution in [3.05, 3.63) is 40.6 Å². The number of fused-ring (bicyclic) bond motifs is 1. The molecule has 3 aromatic rings. The second-order valence-electron chi connectivity index (χ2n) is 6.02. The lowest BCUT2D eigenvalue weighted by Gasteiger charge is -2.24. The van der Waals surface area contributed by atoms with Crippen LogP contribution in [0.25, 0.3) is 10.2 Å². The van der Waals surface area contributed by atoms with Crippen molar-refractivity contribution in [1.82, 2.24) is 9.88 Å². The van der Waals surface area contributed by atoms with Gasteiger partial charge in [-0.1, -0.05) is 31.3 Å². The maximum absolute atomic E-state index is 13.1. The highest BCUT2D eigenvalue weighted by molar-refractivity contribution is 7.22. The van der Waals surface area contributed by atoms with Gasteiger partial charge in [-0.15, -0.1) is 11.3 Å². The maximum atomic E-state index is 13.1. The molecule has 0 bridgehead atoms. The predicted molar refractivity (Wildman–Crippen MR) is 115 cm³/mol. The van der Waals surface area contributed by atoms with Crippen LogP contribution in [0.2, 0.25) is 0 Å². The van der Waals surface area contributed by atoms with Crippen molar-refractivity contribution >= 4 is 43.9 Å². The summed E-state index contributed by atoms with van der Waals surface area (Å²) in [6, 6.07) is 9.67. The molecule has 7 heteroatoms. The van der Waals surface area contributed by atoms with Crippen LogP contribution in [0.15, 0.2) is 35.7 Å². The number of rotatable bonds is 9. The summed E-state index contributed by atoms with van der Waals surface area (Å²) in [6.45, 7) is 10.3. The third-order valence-corrected chi connectivity index (χ3v) is 6.30. The molecule has 0 radical (unpaired) electrons. The number of likely N-dealkylation sites (N-methyl/N-ethyl adjacent to an activating group) is 1. The number of benzene rings is 1. The fraction of sp³-hybridized carbons (Fsp3) is 0.400. The second-order valence-corrected chi connectivity index (χ2v) is 7.98. The van der Waals surface area contributed by atoms with Gasteiger partial charge in [-0.3, -0.25) is 9.69 Å². The molecule has 5 nitrogen and oxygen atoms in total. The number of hydrogen-bond acceptors (Lipinski definition) is 6. The number of carbonyl (C=O) groups is 1. The number of thiophene rings is 1. The number of hydrogen-bond donors (Lipinski definition) is 0. The summed E-state index contributed by atoms with van der Waals surface area (Å²) < 4.78 is 6.62. The molecule has 1 amide bonds. The highest BCUT2D eigenvalue weighted by Crippen LogP contribution is 2.32. The Morgan fingerprint density at radius 1 is 1.15 bits per heavy atom. The van der Waals surface area contributed by atoms with E-state index in [2.05, 4.69) is 18.7 Å². The van der Waals surface area contributed by atoms with Crippen molar-refractivity contribution < 1.29 is 9.53 Å². The average Bonchev–Trinajstić information content (AvgIpc) is 3.34. The molecule has 3 rings (SSSR count). The van der Waals surface area contributed by atoms with Crippen molar-refractivity contribution in [2.24, 2.45) is 0 Å². The highest BCUT2D eigenvalue weighted by Gasteiger charge is 2.22. The summed E-state index contributed by atoms with van der Waals surface area (Å²) in [6.07, 6.45) is 0. The van der Waals surface area contributed by atoms with E-state index in [9.17, 15) is 4.79 Å². The zero-order valence-corrected chi connectivity index (χ0v) is 17.6. The molecule has 2 heterocycles. The van der Waals surface area contributed by atoms with Crippen LogP contribution < -0.4 is 9.64 Å². The first-order chi connectivity index (χ1) is 13.2. The molecule has 0 aliphatic heterocycles. The molecule has 0 unspecified atom stereocenters. The van der Waals surface area contributed by atoms with Gasteiger partial charge in [0.25, 0.3) is 5.91 Å². The first-order valence-corrected chi connectivity index (χ1v) is 11.0. The van der Waals surface area contributed by atoms with Gasteiger partial charge in [-0.25, -0.2) is 4.98 Å². The second kappa shape index (κ2) is 9.30. The van der Waals surface area contributed by atoms with Crippen LogP contribution in [0.4, 0.5) is 5.13 Å². The van der Waals surface area contributed by atoms with Crippen LogP contribution in [0.3, 0.4) is 0 Å². The molecule has 1 aromatic carbocycles. The number of nitrogens with zero attached hydrogens (tertiary/aromatic N) is 3. The molecular weight excluding hydrogens is 378 g/mol. The van der Waals surface area contributed by atoms with Crippen LogP contribution in [0.5, 0.6) is 5.75 Å². The molecule has 0 saturated carbocycles. The lowest BCUT2D eigenvalue weighted by molar-refractivity contribution is 0.0987. The fourth-order valence-corrected chi connectivity index (χ4v) is 4.55. The fourth-order valence-electron chi connectivity index (χ4n) is 2.86. The van der Waals surface area contributed by atoms with E-state index in [0.29, 0.717) is 13.2 Å². The molecule has 0 fully saturated rings. The molecule has 0 aliphatic rings. The van der Waals surface area contributed by atoms with Crippen molar-refractivity contribution in [2.75, 3.05) is 37.7 Å². The standard InChI is InChI=1S/C20H25N3O2S2/c1-4-22(5-2)11-12-23(19(24)17-8-7-13-26-17)20-21-16-10-9-15(25-6-3)14-18(16)27-20/h7-10,13-14H,4-6,11-12H2,1-3H3. The van der Waals surface area contributed by atoms with Crippen LogP contribution in [-0.2, 0) is 0 Å². The summed E-state index contributed by atoms with van der Waals surface area (Å²) in [7, 11) is 0. The first kappa shape index (κ1) is 19.8. The van der Waals surface area contributed by atoms with Gasteiger partial charge in [-0.05, 0) is 49.7 Å². The Morgan fingerprint density at radius 2 is 1.96 bits per heavy atom. The monoisotopic (exact) mass is 403 g/mol. The molecule has 27 heavy (non-hydrogen) atoms. The molecule has 0 saturated heterocycles. The van der Waals surface area contributed by atoms with Crippen molar-refractivity contribution in [3.63, 3.8) is 0 Å². The Balaban J connectivity index is 1.91. The van der Waals surface area contributed by atoms with E-state index >= 15 is 0 Å². The van der Waals surface area contributed by atoms with Gasteiger partial charge in [-0.2, -0.15) is 0 Å². The Labute approximate surface area is 168 Å². The Kier molecular flexibility index (Phi) is 6.82. The largest absolute Gasteiger partial charge is 0.494 e. The normalized spacial score (nSPS) is 11.3. The molecular formula is C20H25N3O2S2. The van der Waals surface area contributed by atoms with Crippen molar-refractivity contribution in [3.8, 4) is 5.75 Å². The minimum Gasteiger partial charge on any atom is -0.494 e. The van der Waals surface area contributed by atoms with Crippen LogP contribution in [0, 0.1) is 0 Å². The minimum atomic E-state index is 0.0150. The number of ether oxygens (including phenoxy) is 1. The highest BCUT2D eigenvalue weighted by atomic mass is 32.1. The summed E-state index contributed by atoms with van der Waals surface area (Å²) in [5, 5.41) is 2.67. The SMILES string of the molecule is CCOc1ccc2nc(N(CCN(CC)CC)C(=O)c3cccs3)sc2c1. The quantitative estimate of drug-likeness (QED) is 0.517. The van der Waals surface area contributed by atoms with Gasteiger partial charge in [0, 0.05) is 13.1 Å². The molecule has 0 atom stereocenters. The Hall–Kier alpha value is -1.96. The number of aromatic nitrogens is 1. The van der Waals surface area contributed by atoms with E-state index in [1.165, 1.54) is 22.7 Å². The summed E-state index contributed by atoms with van der Waals surface area (Å²) >= 11 is 3.01. The summed E-state index contributed by atoms with van der Waals surface area (Å²) in [5.41, 5.74) is 0.894. The van der Waals surface area contributed by atoms with Gasteiger partial charge in [0.2, 0.25) is 0 Å². The number of anilines is 1. The van der Waals surface area contributed by atoms with E-state index in [4.69, 9.17) is 9.72 Å². The van der Waals surface area contributed by atoms with Crippen LogP contribution >= 0.6 is 22.7 Å². The lowest BCUT2D eigenvalue weighted by atomic mass is 10.3. The predicted octanol–water partition coefficient (Wildman–Crippen LogP) is 4.75. The smallest absolute Gasteiger partial charge is 0.270 e. The van der Waals surface area contributed by atoms with E-state index < -0.39 is 0 Å². The van der Waals surface area contributed by atoms with Crippen LogP contribution in [-0.4, -0.2) is 48.6 Å². The van der Waals surface area contributed by atoms with E-state index in [-0.39, 0.29) is 5.91 Å². The zero-order valence-electron chi connectivity index (χ0n) is 16.0. The number of carbonyl (C=O) groups excluding carboxylic acids is 1. The van der Waals surface area contributed by atoms with Gasteiger partial charge in [0.1, 0.15) is 5.75 Å². The van der Waals surface area contributed by atoms with Gasteiger partial charge in [0.05, 0.1) is 21.7 Å². The molecule has 0 spiro atoms. The molecule has 0 aliphatic carbocycles. The Bertz CT molecular complexity index is 873. The Morgan fingerprint density at radius 3 is 2.63 bits per heavy atom. The number of thiazole rings is 1. The maximum Gasteiger partial charge on any atom is 0.270 e. The average molecular weight is 404 g/mol. The molecule has 144 valence electrons. The minimum absolute atomic E-state index is 0.0150. The van der Waals surface area contributed by atoms with Crippen molar-refractivity contribution in [1.29, 1.82) is 0 Å². The molecule has 2 aromatic heterocycles. The van der Waals surface area contributed by atoms with Gasteiger partial charge in [0.15, 0.2) is 5.13 Å². The van der Waals surface area contributed by atoms with Crippen molar-refractivity contribution in [2.45, 2.75) is 20.8 Å². The third-order valence-electron chi connectivity index (χ3n) is 4.40. The van der Waals surface area contributed by atoms with Crippen LogP contribution in [0.1, 0.15) is 30.4 Å². The summed E-state index contributed by atoms with van der Waals surface area (Å²) in [5.74, 6) is 0.848. The van der Waals surface area contributed by atoms with E-state index in [1.54, 1.807) is 0 Å². The number of amides is 1. The molecule has 0 N–H and O–H groups in total. The lowest BCUT2D eigenvalue weighted by Crippen LogP contribution is -2.38. The topological polar surface area (TPSA) is 45.7 Å². The van der Waals surface area contributed by atoms with Gasteiger partial charge >= 0.3 is 0 Å².